The highest BCUT2D eigenvalue weighted by atomic mass is 16.4. The zero-order valence-electron chi connectivity index (χ0n) is 8.44. The molecule has 1 saturated carbocycles. The molecule has 80 valence electrons. The highest BCUT2D eigenvalue weighted by Gasteiger charge is 2.31. The second-order valence-corrected chi connectivity index (χ2v) is 4.00. The number of carboxylic acids is 1. The molecule has 0 bridgehead atoms. The molecule has 0 aromatic heterocycles. The number of aliphatic hydroxyl groups is 1. The number of aliphatic carboxylic acids is 1. The normalized spacial score (nSPS) is 20.1. The molecule has 0 radical (unpaired) electrons. The Bertz CT molecular complexity index is 232. The van der Waals surface area contributed by atoms with Crippen LogP contribution in [0.5, 0.6) is 0 Å². The Morgan fingerprint density at radius 3 is 2.57 bits per heavy atom. The van der Waals surface area contributed by atoms with Gasteiger partial charge in [-0.1, -0.05) is 12.8 Å². The molecule has 0 aliphatic heterocycles. The summed E-state index contributed by atoms with van der Waals surface area (Å²) in [5.41, 5.74) is -0.613. The monoisotopic (exact) mass is 199 g/mol. The Morgan fingerprint density at radius 1 is 1.50 bits per heavy atom. The number of hydrogen-bond acceptors (Lipinski definition) is 3. The summed E-state index contributed by atoms with van der Waals surface area (Å²) in [5, 5.41) is 18.4. The smallest absolute Gasteiger partial charge is 0.329 e. The van der Waals surface area contributed by atoms with Crippen molar-refractivity contribution in [3.63, 3.8) is 0 Å². The first-order valence-electron chi connectivity index (χ1n) is 4.86. The van der Waals surface area contributed by atoms with Crippen molar-refractivity contribution in [2.45, 2.75) is 31.3 Å². The van der Waals surface area contributed by atoms with Crippen LogP contribution in [0.25, 0.3) is 0 Å². The highest BCUT2D eigenvalue weighted by molar-refractivity contribution is 5.79. The van der Waals surface area contributed by atoms with Crippen LogP contribution in [0.15, 0.2) is 12.3 Å². The van der Waals surface area contributed by atoms with Gasteiger partial charge in [-0.3, -0.25) is 0 Å². The Morgan fingerprint density at radius 2 is 2.07 bits per heavy atom. The maximum Gasteiger partial charge on any atom is 0.329 e. The number of likely N-dealkylation sites (N-methyl/N-ethyl adjacent to an activating group) is 1. The van der Waals surface area contributed by atoms with E-state index >= 15 is 0 Å². The predicted octanol–water partition coefficient (Wildman–Crippen LogP) is 0.822. The van der Waals surface area contributed by atoms with Gasteiger partial charge in [0.1, 0.15) is 0 Å². The number of nitrogens with zero attached hydrogens (tertiary/aromatic N) is 1. The molecular weight excluding hydrogens is 182 g/mol. The van der Waals surface area contributed by atoms with Crippen molar-refractivity contribution in [3.8, 4) is 0 Å². The SMILES string of the molecule is CN(/C=C/C(=O)O)CC1(O)CCCC1. The predicted molar refractivity (Wildman–Crippen MR) is 52.8 cm³/mol. The molecule has 0 unspecified atom stereocenters. The summed E-state index contributed by atoms with van der Waals surface area (Å²) in [6, 6.07) is 0. The van der Waals surface area contributed by atoms with Crippen LogP contribution in [-0.4, -0.2) is 40.3 Å². The molecule has 4 nitrogen and oxygen atoms in total. The lowest BCUT2D eigenvalue weighted by molar-refractivity contribution is -0.131. The van der Waals surface area contributed by atoms with Gasteiger partial charge in [0.05, 0.1) is 5.60 Å². The minimum Gasteiger partial charge on any atom is -0.478 e. The lowest BCUT2D eigenvalue weighted by atomic mass is 10.0. The van der Waals surface area contributed by atoms with Gasteiger partial charge < -0.3 is 15.1 Å². The summed E-state index contributed by atoms with van der Waals surface area (Å²) in [4.78, 5) is 12.0. The quantitative estimate of drug-likeness (QED) is 0.658. The molecule has 0 spiro atoms. The third kappa shape index (κ3) is 3.38. The van der Waals surface area contributed by atoms with Gasteiger partial charge in [-0.25, -0.2) is 4.79 Å². The van der Waals surface area contributed by atoms with Gasteiger partial charge in [-0.05, 0) is 12.8 Å². The molecule has 4 heteroatoms. The fourth-order valence-electron chi connectivity index (χ4n) is 1.90. The molecule has 14 heavy (non-hydrogen) atoms. The van der Waals surface area contributed by atoms with Gasteiger partial charge in [0, 0.05) is 25.9 Å². The van der Waals surface area contributed by atoms with Crippen LogP contribution < -0.4 is 0 Å². The maximum absolute atomic E-state index is 10.2. The third-order valence-electron chi connectivity index (χ3n) is 2.55. The third-order valence-corrected chi connectivity index (χ3v) is 2.55. The van der Waals surface area contributed by atoms with Gasteiger partial charge in [0.25, 0.3) is 0 Å². The Kier molecular flexibility index (Phi) is 3.52. The molecule has 0 atom stereocenters. The van der Waals surface area contributed by atoms with E-state index in [4.69, 9.17) is 5.11 Å². The summed E-state index contributed by atoms with van der Waals surface area (Å²) < 4.78 is 0. The van der Waals surface area contributed by atoms with Crippen LogP contribution in [0.1, 0.15) is 25.7 Å². The summed E-state index contributed by atoms with van der Waals surface area (Å²) in [5.74, 6) is -0.963. The van der Waals surface area contributed by atoms with Crippen LogP contribution in [0.3, 0.4) is 0 Å². The Hall–Kier alpha value is -1.03. The van der Waals surface area contributed by atoms with Crippen molar-refractivity contribution in [2.24, 2.45) is 0 Å². The molecule has 0 saturated heterocycles. The fraction of sp³-hybridized carbons (Fsp3) is 0.700. The highest BCUT2D eigenvalue weighted by Crippen LogP contribution is 2.29. The molecule has 1 aliphatic carbocycles. The molecule has 1 fully saturated rings. The van der Waals surface area contributed by atoms with Gasteiger partial charge >= 0.3 is 5.97 Å². The molecule has 1 rings (SSSR count). The van der Waals surface area contributed by atoms with Gasteiger partial charge in [0.15, 0.2) is 0 Å². The number of rotatable bonds is 4. The van der Waals surface area contributed by atoms with E-state index in [-0.39, 0.29) is 0 Å². The lowest BCUT2D eigenvalue weighted by Gasteiger charge is -2.27. The summed E-state index contributed by atoms with van der Waals surface area (Å²) in [6.45, 7) is 0.511. The van der Waals surface area contributed by atoms with Crippen LogP contribution >= 0.6 is 0 Å². The largest absolute Gasteiger partial charge is 0.478 e. The molecule has 2 N–H and O–H groups in total. The van der Waals surface area contributed by atoms with Crippen LogP contribution in [0.2, 0.25) is 0 Å². The van der Waals surface area contributed by atoms with E-state index in [1.54, 1.807) is 11.9 Å². The van der Waals surface area contributed by atoms with Crippen LogP contribution in [0, 0.1) is 0 Å². The molecule has 0 aromatic carbocycles. The lowest BCUT2D eigenvalue weighted by Crippen LogP contribution is -2.36. The molecule has 0 heterocycles. The van der Waals surface area contributed by atoms with Gasteiger partial charge in [0.2, 0.25) is 0 Å². The molecular formula is C10H17NO3. The molecule has 0 amide bonds. The number of hydrogen-bond donors (Lipinski definition) is 2. The first-order chi connectivity index (χ1) is 6.52. The summed E-state index contributed by atoms with van der Waals surface area (Å²) in [7, 11) is 1.77. The Labute approximate surface area is 83.8 Å². The van der Waals surface area contributed by atoms with Crippen molar-refractivity contribution in [3.05, 3.63) is 12.3 Å². The van der Waals surface area contributed by atoms with E-state index in [0.29, 0.717) is 6.54 Å². The van der Waals surface area contributed by atoms with E-state index < -0.39 is 11.6 Å². The van der Waals surface area contributed by atoms with Crippen LogP contribution in [-0.2, 0) is 4.79 Å². The second-order valence-electron chi connectivity index (χ2n) is 4.00. The zero-order chi connectivity index (χ0) is 10.6. The van der Waals surface area contributed by atoms with Crippen molar-refractivity contribution >= 4 is 5.97 Å². The van der Waals surface area contributed by atoms with Gasteiger partial charge in [-0.15, -0.1) is 0 Å². The van der Waals surface area contributed by atoms with E-state index in [1.807, 2.05) is 0 Å². The van der Waals surface area contributed by atoms with E-state index in [2.05, 4.69) is 0 Å². The summed E-state index contributed by atoms with van der Waals surface area (Å²) in [6.07, 6.45) is 6.33. The van der Waals surface area contributed by atoms with Crippen molar-refractivity contribution in [2.75, 3.05) is 13.6 Å². The van der Waals surface area contributed by atoms with Gasteiger partial charge in [-0.2, -0.15) is 0 Å². The Balaban J connectivity index is 2.39. The average molecular weight is 199 g/mol. The molecule has 1 aliphatic rings. The van der Waals surface area contributed by atoms with E-state index in [0.717, 1.165) is 31.8 Å². The second kappa shape index (κ2) is 4.46. The standard InChI is InChI=1S/C10H17NO3/c1-11(7-4-9(12)13)8-10(14)5-2-3-6-10/h4,7,14H,2-3,5-6,8H2,1H3,(H,12,13)/b7-4+. The minimum absolute atomic E-state index is 0.511. The minimum atomic E-state index is -0.963. The van der Waals surface area contributed by atoms with Crippen molar-refractivity contribution in [1.29, 1.82) is 0 Å². The number of carboxylic acid groups (broad SMARTS) is 1. The first-order valence-corrected chi connectivity index (χ1v) is 4.86. The molecule has 0 aromatic rings. The van der Waals surface area contributed by atoms with E-state index in [1.165, 1.54) is 6.20 Å². The zero-order valence-corrected chi connectivity index (χ0v) is 8.44. The first kappa shape index (κ1) is 11.0. The van der Waals surface area contributed by atoms with Crippen molar-refractivity contribution < 1.29 is 15.0 Å². The maximum atomic E-state index is 10.2. The fourth-order valence-corrected chi connectivity index (χ4v) is 1.90. The number of carbonyl (C=O) groups is 1. The van der Waals surface area contributed by atoms with Crippen LogP contribution in [0.4, 0.5) is 0 Å². The topological polar surface area (TPSA) is 60.8 Å². The summed E-state index contributed by atoms with van der Waals surface area (Å²) >= 11 is 0. The van der Waals surface area contributed by atoms with Crippen molar-refractivity contribution in [1.82, 2.24) is 4.90 Å². The average Bonchev–Trinajstić information content (AvgIpc) is 2.48. The van der Waals surface area contributed by atoms with E-state index in [9.17, 15) is 9.90 Å².